The SMILES string of the molecule is CCOC(=O)C1=C(c2ccccc2)N=c2s/c(=C\c3c(C)n(Cc4ccc(Br)cc4)c4ccccc34)c(=O)n2[C@H]1c1ccc2c(c1)OCO2. The van der Waals surface area contributed by atoms with Gasteiger partial charge in [-0.05, 0) is 61.4 Å². The van der Waals surface area contributed by atoms with Crippen molar-refractivity contribution in [3.8, 4) is 11.5 Å². The Morgan fingerprint density at radius 2 is 1.76 bits per heavy atom. The van der Waals surface area contributed by atoms with Gasteiger partial charge in [-0.1, -0.05) is 94.0 Å². The number of carbonyl (C=O) groups is 1. The number of ether oxygens (including phenoxy) is 3. The quantitative estimate of drug-likeness (QED) is 0.170. The maximum atomic E-state index is 14.6. The van der Waals surface area contributed by atoms with Gasteiger partial charge in [0.2, 0.25) is 6.79 Å². The van der Waals surface area contributed by atoms with Crippen LogP contribution in [0.4, 0.5) is 0 Å². The molecule has 2 aliphatic heterocycles. The fourth-order valence-corrected chi connectivity index (χ4v) is 7.83. The molecule has 0 N–H and O–H groups in total. The molecule has 0 spiro atoms. The highest BCUT2D eigenvalue weighted by Crippen LogP contribution is 2.40. The summed E-state index contributed by atoms with van der Waals surface area (Å²) in [6, 6.07) is 30.8. The second-order valence-corrected chi connectivity index (χ2v) is 13.7. The van der Waals surface area contributed by atoms with Crippen LogP contribution in [0.15, 0.2) is 117 Å². The van der Waals surface area contributed by atoms with Crippen LogP contribution >= 0.6 is 27.3 Å². The number of esters is 1. The molecule has 10 heteroatoms. The Balaban J connectivity index is 1.36. The van der Waals surface area contributed by atoms with Gasteiger partial charge in [0.05, 0.1) is 28.5 Å². The van der Waals surface area contributed by atoms with E-state index in [2.05, 4.69) is 51.7 Å². The van der Waals surface area contributed by atoms with Gasteiger partial charge in [-0.25, -0.2) is 9.79 Å². The summed E-state index contributed by atoms with van der Waals surface area (Å²) in [6.07, 6.45) is 1.96. The fourth-order valence-electron chi connectivity index (χ4n) is 6.59. The van der Waals surface area contributed by atoms with Crippen LogP contribution in [0.2, 0.25) is 0 Å². The van der Waals surface area contributed by atoms with Crippen molar-refractivity contribution in [3.63, 3.8) is 0 Å². The Hall–Kier alpha value is -5.19. The summed E-state index contributed by atoms with van der Waals surface area (Å²) in [5.74, 6) is 0.625. The molecule has 0 aliphatic carbocycles. The summed E-state index contributed by atoms with van der Waals surface area (Å²) < 4.78 is 22.4. The molecule has 0 bridgehead atoms. The monoisotopic (exact) mass is 731 g/mol. The minimum absolute atomic E-state index is 0.103. The standard InChI is InChI=1S/C39H30BrN3O5S/c1-3-46-38(45)34-35(25-9-5-4-6-10-25)41-39-43(36(34)26-15-18-31-32(19-26)48-22-47-31)37(44)33(49-39)20-29-23(2)42(30-12-8-7-11-28(29)30)21-24-13-16-27(40)17-14-24/h4-20,36H,3,21-22H2,1-2H3/b33-20-/t36-/m0/s1. The number of fused-ring (bicyclic) bond motifs is 3. The first-order valence-electron chi connectivity index (χ1n) is 15.9. The van der Waals surface area contributed by atoms with Gasteiger partial charge in [-0.15, -0.1) is 0 Å². The van der Waals surface area contributed by atoms with Crippen LogP contribution in [0.5, 0.6) is 11.5 Å². The molecule has 0 unspecified atom stereocenters. The molecule has 2 aromatic heterocycles. The smallest absolute Gasteiger partial charge is 0.338 e. The summed E-state index contributed by atoms with van der Waals surface area (Å²) in [5.41, 5.74) is 6.20. The third-order valence-corrected chi connectivity index (χ3v) is 10.4. The molecule has 0 radical (unpaired) electrons. The number of hydrogen-bond donors (Lipinski definition) is 0. The average Bonchev–Trinajstić information content (AvgIpc) is 3.80. The zero-order valence-electron chi connectivity index (χ0n) is 26.7. The van der Waals surface area contributed by atoms with Gasteiger partial charge >= 0.3 is 5.97 Å². The zero-order chi connectivity index (χ0) is 33.6. The van der Waals surface area contributed by atoms with Gasteiger partial charge in [0.1, 0.15) is 0 Å². The van der Waals surface area contributed by atoms with E-state index >= 15 is 0 Å². The van der Waals surface area contributed by atoms with Crippen molar-refractivity contribution >= 4 is 55.9 Å². The largest absolute Gasteiger partial charge is 0.463 e. The first-order chi connectivity index (χ1) is 23.9. The number of thiazole rings is 1. The lowest BCUT2D eigenvalue weighted by molar-refractivity contribution is -0.138. The molecule has 8 rings (SSSR count). The Bertz CT molecular complexity index is 2480. The Morgan fingerprint density at radius 1 is 1.00 bits per heavy atom. The molecule has 0 saturated heterocycles. The van der Waals surface area contributed by atoms with Crippen LogP contribution in [0.1, 0.15) is 40.9 Å². The predicted molar refractivity (Wildman–Crippen MR) is 194 cm³/mol. The third kappa shape index (κ3) is 5.50. The van der Waals surface area contributed by atoms with Gasteiger partial charge in [0, 0.05) is 38.7 Å². The minimum Gasteiger partial charge on any atom is -0.463 e. The molecule has 2 aliphatic rings. The summed E-state index contributed by atoms with van der Waals surface area (Å²) in [7, 11) is 0. The number of halogens is 1. The Labute approximate surface area is 294 Å². The van der Waals surface area contributed by atoms with E-state index in [0.717, 1.165) is 32.2 Å². The van der Waals surface area contributed by atoms with E-state index in [4.69, 9.17) is 19.2 Å². The van der Waals surface area contributed by atoms with Gasteiger partial charge in [-0.2, -0.15) is 0 Å². The topological polar surface area (TPSA) is 84.1 Å². The first-order valence-corrected chi connectivity index (χ1v) is 17.5. The predicted octanol–water partition coefficient (Wildman–Crippen LogP) is 6.74. The number of hydrogen-bond acceptors (Lipinski definition) is 7. The molecule has 0 amide bonds. The van der Waals surface area contributed by atoms with Crippen molar-refractivity contribution in [2.75, 3.05) is 13.4 Å². The summed E-state index contributed by atoms with van der Waals surface area (Å²) >= 11 is 4.84. The van der Waals surface area contributed by atoms with E-state index in [9.17, 15) is 9.59 Å². The lowest BCUT2D eigenvalue weighted by Gasteiger charge is -2.26. The van der Waals surface area contributed by atoms with Crippen LogP contribution in [0, 0.1) is 6.92 Å². The van der Waals surface area contributed by atoms with Gasteiger partial charge in [-0.3, -0.25) is 9.36 Å². The Kier molecular flexibility index (Phi) is 8.05. The lowest BCUT2D eigenvalue weighted by atomic mass is 9.93. The summed E-state index contributed by atoms with van der Waals surface area (Å²) in [5, 5.41) is 1.05. The maximum Gasteiger partial charge on any atom is 0.338 e. The molecule has 1 atom stereocenters. The first kappa shape index (κ1) is 31.1. The number of aromatic nitrogens is 2. The number of carbonyl (C=O) groups excluding carboxylic acids is 1. The number of para-hydroxylation sites is 1. The number of rotatable bonds is 7. The second kappa shape index (κ2) is 12.7. The van der Waals surface area contributed by atoms with E-state index in [1.165, 1.54) is 16.9 Å². The van der Waals surface area contributed by atoms with Crippen LogP contribution in [0.3, 0.4) is 0 Å². The van der Waals surface area contributed by atoms with Crippen molar-refractivity contribution in [2.24, 2.45) is 4.99 Å². The highest BCUT2D eigenvalue weighted by Gasteiger charge is 2.36. The van der Waals surface area contributed by atoms with E-state index in [0.29, 0.717) is 38.6 Å². The molecule has 4 heterocycles. The third-order valence-electron chi connectivity index (χ3n) is 8.90. The van der Waals surface area contributed by atoms with Crippen LogP contribution in [0.25, 0.3) is 22.7 Å². The molecule has 0 fully saturated rings. The van der Waals surface area contributed by atoms with Crippen molar-refractivity contribution < 1.29 is 19.0 Å². The highest BCUT2D eigenvalue weighted by atomic mass is 79.9. The molecule has 8 nitrogen and oxygen atoms in total. The van der Waals surface area contributed by atoms with Crippen molar-refractivity contribution in [3.05, 3.63) is 155 Å². The Morgan fingerprint density at radius 3 is 2.55 bits per heavy atom. The highest BCUT2D eigenvalue weighted by molar-refractivity contribution is 9.10. The van der Waals surface area contributed by atoms with Crippen LogP contribution in [-0.4, -0.2) is 28.5 Å². The lowest BCUT2D eigenvalue weighted by Crippen LogP contribution is -2.40. The molecule has 244 valence electrons. The van der Waals surface area contributed by atoms with Crippen molar-refractivity contribution in [1.29, 1.82) is 0 Å². The van der Waals surface area contributed by atoms with Gasteiger partial charge in [0.15, 0.2) is 16.3 Å². The van der Waals surface area contributed by atoms with E-state index in [1.807, 2.05) is 78.9 Å². The van der Waals surface area contributed by atoms with E-state index in [-0.39, 0.29) is 24.5 Å². The molecule has 49 heavy (non-hydrogen) atoms. The zero-order valence-corrected chi connectivity index (χ0v) is 29.1. The van der Waals surface area contributed by atoms with Crippen molar-refractivity contribution in [1.82, 2.24) is 9.13 Å². The van der Waals surface area contributed by atoms with E-state index in [1.54, 1.807) is 11.5 Å². The normalized spacial score (nSPS) is 15.4. The van der Waals surface area contributed by atoms with Crippen LogP contribution < -0.4 is 24.4 Å². The van der Waals surface area contributed by atoms with E-state index < -0.39 is 12.0 Å². The fraction of sp³-hybridized carbons (Fsp3) is 0.154. The molecular weight excluding hydrogens is 702 g/mol. The molecular formula is C39H30BrN3O5S. The molecule has 6 aromatic rings. The van der Waals surface area contributed by atoms with Crippen LogP contribution in [-0.2, 0) is 16.1 Å². The number of benzene rings is 4. The van der Waals surface area contributed by atoms with Gasteiger partial charge < -0.3 is 18.8 Å². The van der Waals surface area contributed by atoms with Crippen molar-refractivity contribution in [2.45, 2.75) is 26.4 Å². The molecule has 4 aromatic carbocycles. The van der Waals surface area contributed by atoms with Gasteiger partial charge in [0.25, 0.3) is 5.56 Å². The summed E-state index contributed by atoms with van der Waals surface area (Å²) in [6.45, 7) is 4.81. The average molecular weight is 733 g/mol. The summed E-state index contributed by atoms with van der Waals surface area (Å²) in [4.78, 5) is 34.0. The minimum atomic E-state index is -0.818. The second-order valence-electron chi connectivity index (χ2n) is 11.8. The number of nitrogens with zero attached hydrogens (tertiary/aromatic N) is 3. The maximum absolute atomic E-state index is 14.6. The molecule has 0 saturated carbocycles.